The van der Waals surface area contributed by atoms with Crippen LogP contribution in [0.1, 0.15) is 36.7 Å². The summed E-state index contributed by atoms with van der Waals surface area (Å²) in [7, 11) is 1.51. The van der Waals surface area contributed by atoms with Crippen molar-refractivity contribution in [3.63, 3.8) is 0 Å². The minimum Gasteiger partial charge on any atom is -0.496 e. The highest BCUT2D eigenvalue weighted by Gasteiger charge is 2.32. The van der Waals surface area contributed by atoms with Gasteiger partial charge in [-0.25, -0.2) is 4.39 Å². The number of hydrogen-bond acceptors (Lipinski definition) is 3. The van der Waals surface area contributed by atoms with Crippen LogP contribution in [-0.2, 0) is 4.79 Å². The fraction of sp³-hybridized carbons (Fsp3) is 0.500. The highest BCUT2D eigenvalue weighted by molar-refractivity contribution is 5.71. The summed E-state index contributed by atoms with van der Waals surface area (Å²) >= 11 is 0. The molecule has 0 radical (unpaired) electrons. The van der Waals surface area contributed by atoms with E-state index in [1.807, 2.05) is 6.07 Å². The second-order valence-corrected chi connectivity index (χ2v) is 4.82. The maximum absolute atomic E-state index is 13.6. The molecule has 1 aliphatic rings. The SMILES string of the molecule is COc1c(C(C)F)cccc1C1CC(C(=O)O)CN1. The Hall–Kier alpha value is -1.62. The van der Waals surface area contributed by atoms with E-state index in [0.717, 1.165) is 5.56 Å². The van der Waals surface area contributed by atoms with E-state index in [4.69, 9.17) is 9.84 Å². The number of hydrogen-bond donors (Lipinski definition) is 2. The maximum Gasteiger partial charge on any atom is 0.307 e. The van der Waals surface area contributed by atoms with Gasteiger partial charge >= 0.3 is 5.97 Å². The molecule has 19 heavy (non-hydrogen) atoms. The lowest BCUT2D eigenvalue weighted by Crippen LogP contribution is -2.17. The van der Waals surface area contributed by atoms with Gasteiger partial charge in [-0.15, -0.1) is 0 Å². The summed E-state index contributed by atoms with van der Waals surface area (Å²) in [6, 6.07) is 5.22. The van der Waals surface area contributed by atoms with Crippen molar-refractivity contribution >= 4 is 5.97 Å². The van der Waals surface area contributed by atoms with Crippen LogP contribution in [0, 0.1) is 5.92 Å². The predicted molar refractivity (Wildman–Crippen MR) is 69.0 cm³/mol. The molecule has 1 heterocycles. The highest BCUT2D eigenvalue weighted by atomic mass is 19.1. The van der Waals surface area contributed by atoms with E-state index in [1.165, 1.54) is 14.0 Å². The molecule has 104 valence electrons. The molecule has 0 bridgehead atoms. The van der Waals surface area contributed by atoms with Crippen LogP contribution < -0.4 is 10.1 Å². The van der Waals surface area contributed by atoms with E-state index in [9.17, 15) is 9.18 Å². The number of rotatable bonds is 4. The third kappa shape index (κ3) is 2.71. The molecule has 3 atom stereocenters. The van der Waals surface area contributed by atoms with Gasteiger partial charge in [-0.2, -0.15) is 0 Å². The quantitative estimate of drug-likeness (QED) is 0.879. The van der Waals surface area contributed by atoms with Crippen molar-refractivity contribution in [2.45, 2.75) is 25.6 Å². The molecule has 2 rings (SSSR count). The summed E-state index contributed by atoms with van der Waals surface area (Å²) in [6.07, 6.45) is -0.623. The third-order valence-corrected chi connectivity index (χ3v) is 3.56. The van der Waals surface area contributed by atoms with Gasteiger partial charge in [0, 0.05) is 23.7 Å². The van der Waals surface area contributed by atoms with E-state index in [1.54, 1.807) is 12.1 Å². The van der Waals surface area contributed by atoms with Crippen LogP contribution in [0.4, 0.5) is 4.39 Å². The summed E-state index contributed by atoms with van der Waals surface area (Å²) in [5.41, 5.74) is 1.33. The fourth-order valence-corrected chi connectivity index (χ4v) is 2.56. The van der Waals surface area contributed by atoms with Gasteiger partial charge in [0.2, 0.25) is 0 Å². The Morgan fingerprint density at radius 1 is 1.58 bits per heavy atom. The lowest BCUT2D eigenvalue weighted by molar-refractivity contribution is -0.141. The van der Waals surface area contributed by atoms with Crippen molar-refractivity contribution in [1.82, 2.24) is 5.32 Å². The first-order valence-electron chi connectivity index (χ1n) is 6.31. The molecule has 0 aromatic heterocycles. The molecule has 5 heteroatoms. The van der Waals surface area contributed by atoms with Gasteiger partial charge < -0.3 is 15.2 Å². The van der Waals surface area contributed by atoms with Crippen LogP contribution in [-0.4, -0.2) is 24.7 Å². The Kier molecular flexibility index (Phi) is 4.04. The van der Waals surface area contributed by atoms with Gasteiger partial charge in [-0.1, -0.05) is 18.2 Å². The zero-order valence-electron chi connectivity index (χ0n) is 11.0. The van der Waals surface area contributed by atoms with Crippen LogP contribution in [0.3, 0.4) is 0 Å². The minimum atomic E-state index is -1.12. The average Bonchev–Trinajstić information content (AvgIpc) is 2.87. The molecule has 0 saturated carbocycles. The van der Waals surface area contributed by atoms with E-state index >= 15 is 0 Å². The summed E-state index contributed by atoms with van der Waals surface area (Å²) < 4.78 is 18.9. The summed E-state index contributed by atoms with van der Waals surface area (Å²) in [4.78, 5) is 11.0. The highest BCUT2D eigenvalue weighted by Crippen LogP contribution is 2.38. The number of nitrogens with one attached hydrogen (secondary N) is 1. The number of carboxylic acid groups (broad SMARTS) is 1. The molecule has 4 nitrogen and oxygen atoms in total. The van der Waals surface area contributed by atoms with Crippen LogP contribution in [0.5, 0.6) is 5.75 Å². The molecule has 1 saturated heterocycles. The van der Waals surface area contributed by atoms with E-state index in [0.29, 0.717) is 24.3 Å². The van der Waals surface area contributed by atoms with Crippen molar-refractivity contribution in [2.75, 3.05) is 13.7 Å². The van der Waals surface area contributed by atoms with Crippen molar-refractivity contribution in [3.8, 4) is 5.75 Å². The Morgan fingerprint density at radius 3 is 2.84 bits per heavy atom. The number of benzene rings is 1. The van der Waals surface area contributed by atoms with Crippen molar-refractivity contribution in [3.05, 3.63) is 29.3 Å². The zero-order chi connectivity index (χ0) is 14.0. The number of ether oxygens (including phenoxy) is 1. The molecule has 0 spiro atoms. The lowest BCUT2D eigenvalue weighted by Gasteiger charge is -2.18. The maximum atomic E-state index is 13.6. The first-order chi connectivity index (χ1) is 9.04. The Morgan fingerprint density at radius 2 is 2.32 bits per heavy atom. The first-order valence-corrected chi connectivity index (χ1v) is 6.31. The predicted octanol–water partition coefficient (Wildman–Crippen LogP) is 2.46. The van der Waals surface area contributed by atoms with Crippen molar-refractivity contribution in [2.24, 2.45) is 5.92 Å². The Bertz CT molecular complexity index is 476. The van der Waals surface area contributed by atoms with Crippen molar-refractivity contribution in [1.29, 1.82) is 0 Å². The van der Waals surface area contributed by atoms with Crippen LogP contribution >= 0.6 is 0 Å². The van der Waals surface area contributed by atoms with E-state index < -0.39 is 18.1 Å². The van der Waals surface area contributed by atoms with Gasteiger partial charge in [-0.3, -0.25) is 4.79 Å². The molecule has 3 unspecified atom stereocenters. The van der Waals surface area contributed by atoms with Crippen LogP contribution in [0.2, 0.25) is 0 Å². The van der Waals surface area contributed by atoms with Gasteiger partial charge in [0.05, 0.1) is 13.0 Å². The van der Waals surface area contributed by atoms with Gasteiger partial charge in [-0.05, 0) is 13.3 Å². The second-order valence-electron chi connectivity index (χ2n) is 4.82. The second kappa shape index (κ2) is 5.57. The summed E-state index contributed by atoms with van der Waals surface area (Å²) in [5, 5.41) is 12.2. The number of aliphatic carboxylic acids is 1. The molecule has 0 amide bonds. The smallest absolute Gasteiger partial charge is 0.307 e. The molecule has 1 aliphatic heterocycles. The summed E-state index contributed by atoms with van der Waals surface area (Å²) in [6.45, 7) is 1.89. The number of methoxy groups -OCH3 is 1. The van der Waals surface area contributed by atoms with E-state index in [2.05, 4.69) is 5.32 Å². The zero-order valence-corrected chi connectivity index (χ0v) is 11.0. The molecule has 1 fully saturated rings. The Balaban J connectivity index is 2.30. The van der Waals surface area contributed by atoms with Crippen molar-refractivity contribution < 1.29 is 19.0 Å². The van der Waals surface area contributed by atoms with Crippen LogP contribution in [0.15, 0.2) is 18.2 Å². The fourth-order valence-electron chi connectivity index (χ4n) is 2.56. The average molecular weight is 267 g/mol. The molecular formula is C14H18FNO3. The third-order valence-electron chi connectivity index (χ3n) is 3.56. The number of carboxylic acids is 1. The summed E-state index contributed by atoms with van der Waals surface area (Å²) in [5.74, 6) is -0.689. The monoisotopic (exact) mass is 267 g/mol. The molecule has 1 aromatic carbocycles. The molecule has 0 aliphatic carbocycles. The number of halogens is 1. The van der Waals surface area contributed by atoms with Gasteiger partial charge in [0.15, 0.2) is 0 Å². The van der Waals surface area contributed by atoms with Gasteiger partial charge in [0.1, 0.15) is 11.9 Å². The first kappa shape index (κ1) is 13.8. The normalized spacial score (nSPS) is 24.2. The lowest BCUT2D eigenvalue weighted by atomic mass is 9.96. The number of carbonyl (C=O) groups is 1. The molecule has 1 aromatic rings. The standard InChI is InChI=1S/C14H18FNO3/c1-8(15)10-4-3-5-11(13(10)19-2)12-6-9(7-16-12)14(17)18/h3-5,8-9,12,16H,6-7H2,1-2H3,(H,17,18). The molecule has 2 N–H and O–H groups in total. The number of para-hydroxylation sites is 1. The minimum absolute atomic E-state index is 0.102. The van der Waals surface area contributed by atoms with Gasteiger partial charge in [0.25, 0.3) is 0 Å². The van der Waals surface area contributed by atoms with E-state index in [-0.39, 0.29) is 6.04 Å². The topological polar surface area (TPSA) is 58.6 Å². The number of alkyl halides is 1. The largest absolute Gasteiger partial charge is 0.496 e. The van der Waals surface area contributed by atoms with Crippen LogP contribution in [0.25, 0.3) is 0 Å². The Labute approximate surface area is 111 Å². The molecular weight excluding hydrogens is 249 g/mol.